The summed E-state index contributed by atoms with van der Waals surface area (Å²) in [5.41, 5.74) is -0.285. The molecule has 0 spiro atoms. The summed E-state index contributed by atoms with van der Waals surface area (Å²) in [6.07, 6.45) is -7.29. The predicted octanol–water partition coefficient (Wildman–Crippen LogP) is 4.35. The smallest absolute Gasteiger partial charge is 0.418 e. The molecule has 6 heteroatoms. The number of hydrogen-bond donors (Lipinski definition) is 1. The average Bonchev–Trinajstić information content (AvgIpc) is 2.40. The van der Waals surface area contributed by atoms with Crippen molar-refractivity contribution in [2.45, 2.75) is 40.0 Å². The summed E-state index contributed by atoms with van der Waals surface area (Å²) in [7, 11) is 0. The number of benzene rings is 1. The lowest BCUT2D eigenvalue weighted by Crippen LogP contribution is -2.20. The first-order valence-electron chi connectivity index (χ1n) is 7.25. The molecule has 1 N–H and O–H groups in total. The van der Waals surface area contributed by atoms with Crippen molar-refractivity contribution in [3.63, 3.8) is 0 Å². The zero-order valence-electron chi connectivity index (χ0n) is 13.3. The topological polar surface area (TPSA) is 38.7 Å². The lowest BCUT2D eigenvalue weighted by molar-refractivity contribution is -0.206. The average molecular weight is 320 g/mol. The molecule has 0 heterocycles. The summed E-state index contributed by atoms with van der Waals surface area (Å²) in [5.74, 6) is 0.981. The molecule has 0 saturated heterocycles. The minimum absolute atomic E-state index is 0.233. The van der Waals surface area contributed by atoms with E-state index < -0.39 is 12.3 Å². The van der Waals surface area contributed by atoms with E-state index in [0.29, 0.717) is 13.2 Å². The summed E-state index contributed by atoms with van der Waals surface area (Å²) >= 11 is 0. The molecule has 1 aromatic rings. The van der Waals surface area contributed by atoms with Gasteiger partial charge in [0.1, 0.15) is 11.5 Å². The molecule has 22 heavy (non-hydrogen) atoms. The number of ether oxygens (including phenoxy) is 2. The molecule has 0 aliphatic carbocycles. The van der Waals surface area contributed by atoms with Crippen LogP contribution in [0.15, 0.2) is 18.2 Å². The maximum atomic E-state index is 12.7. The van der Waals surface area contributed by atoms with E-state index >= 15 is 0 Å². The Bertz CT molecular complexity index is 440. The van der Waals surface area contributed by atoms with E-state index in [1.807, 2.05) is 27.7 Å². The van der Waals surface area contributed by atoms with Crippen molar-refractivity contribution in [3.05, 3.63) is 23.8 Å². The molecule has 1 atom stereocenters. The van der Waals surface area contributed by atoms with Crippen LogP contribution in [0.1, 0.15) is 39.4 Å². The van der Waals surface area contributed by atoms with Gasteiger partial charge in [-0.1, -0.05) is 27.7 Å². The van der Waals surface area contributed by atoms with Crippen LogP contribution in [0.5, 0.6) is 11.5 Å². The van der Waals surface area contributed by atoms with Crippen molar-refractivity contribution in [2.75, 3.05) is 13.2 Å². The van der Waals surface area contributed by atoms with Crippen molar-refractivity contribution >= 4 is 0 Å². The van der Waals surface area contributed by atoms with Gasteiger partial charge < -0.3 is 14.6 Å². The highest BCUT2D eigenvalue weighted by Crippen LogP contribution is 2.36. The van der Waals surface area contributed by atoms with Crippen molar-refractivity contribution in [3.8, 4) is 11.5 Å². The highest BCUT2D eigenvalue weighted by Gasteiger charge is 2.39. The van der Waals surface area contributed by atoms with Crippen LogP contribution in [-0.4, -0.2) is 24.5 Å². The van der Waals surface area contributed by atoms with Crippen LogP contribution in [-0.2, 0) is 0 Å². The predicted molar refractivity (Wildman–Crippen MR) is 78.1 cm³/mol. The molecule has 0 aliphatic rings. The van der Waals surface area contributed by atoms with E-state index in [9.17, 15) is 18.3 Å². The maximum absolute atomic E-state index is 12.7. The van der Waals surface area contributed by atoms with Crippen LogP contribution in [0.4, 0.5) is 13.2 Å². The van der Waals surface area contributed by atoms with Gasteiger partial charge in [0.15, 0.2) is 6.10 Å². The Hall–Kier alpha value is -1.43. The van der Waals surface area contributed by atoms with Crippen LogP contribution < -0.4 is 9.47 Å². The SMILES string of the molecule is CC(C)COc1cc(OCC(C)C)cc(C(O)C(F)(F)F)c1. The number of aliphatic hydroxyl groups is 1. The minimum atomic E-state index is -4.73. The summed E-state index contributed by atoms with van der Waals surface area (Å²) in [6.45, 7) is 8.48. The minimum Gasteiger partial charge on any atom is -0.493 e. The molecule has 0 saturated carbocycles. The third kappa shape index (κ3) is 6.13. The fourth-order valence-electron chi connectivity index (χ4n) is 1.63. The first-order chi connectivity index (χ1) is 10.1. The van der Waals surface area contributed by atoms with Gasteiger partial charge in [-0.2, -0.15) is 13.2 Å². The zero-order valence-corrected chi connectivity index (χ0v) is 13.3. The van der Waals surface area contributed by atoms with Crippen molar-refractivity contribution in [2.24, 2.45) is 11.8 Å². The lowest BCUT2D eigenvalue weighted by Gasteiger charge is -2.18. The van der Waals surface area contributed by atoms with Gasteiger partial charge in [-0.3, -0.25) is 0 Å². The second kappa shape index (κ2) is 7.72. The van der Waals surface area contributed by atoms with E-state index in [1.165, 1.54) is 18.2 Å². The number of rotatable bonds is 7. The van der Waals surface area contributed by atoms with E-state index in [0.717, 1.165) is 0 Å². The third-order valence-electron chi connectivity index (χ3n) is 2.69. The number of hydrogen-bond acceptors (Lipinski definition) is 3. The summed E-state index contributed by atoms with van der Waals surface area (Å²) < 4.78 is 49.0. The third-order valence-corrected chi connectivity index (χ3v) is 2.69. The van der Waals surface area contributed by atoms with Crippen LogP contribution >= 0.6 is 0 Å². The van der Waals surface area contributed by atoms with Crippen molar-refractivity contribution < 1.29 is 27.8 Å². The molecule has 1 aromatic carbocycles. The van der Waals surface area contributed by atoms with Crippen LogP contribution in [0.3, 0.4) is 0 Å². The Kier molecular flexibility index (Phi) is 6.53. The van der Waals surface area contributed by atoms with Gasteiger partial charge in [-0.15, -0.1) is 0 Å². The fourth-order valence-corrected chi connectivity index (χ4v) is 1.63. The Morgan fingerprint density at radius 3 is 1.64 bits per heavy atom. The van der Waals surface area contributed by atoms with Gasteiger partial charge in [0.05, 0.1) is 13.2 Å². The van der Waals surface area contributed by atoms with Crippen LogP contribution in [0.25, 0.3) is 0 Å². The van der Waals surface area contributed by atoms with Gasteiger partial charge in [0.2, 0.25) is 0 Å². The molecule has 3 nitrogen and oxygen atoms in total. The first kappa shape index (κ1) is 18.6. The zero-order chi connectivity index (χ0) is 16.9. The monoisotopic (exact) mass is 320 g/mol. The fraction of sp³-hybridized carbons (Fsp3) is 0.625. The summed E-state index contributed by atoms with van der Waals surface area (Å²) in [6, 6.07) is 3.93. The van der Waals surface area contributed by atoms with Gasteiger partial charge in [0, 0.05) is 6.07 Å². The molecule has 0 bridgehead atoms. The number of alkyl halides is 3. The highest BCUT2D eigenvalue weighted by atomic mass is 19.4. The van der Waals surface area contributed by atoms with E-state index in [-0.39, 0.29) is 28.9 Å². The van der Waals surface area contributed by atoms with Gasteiger partial charge in [-0.05, 0) is 29.5 Å². The van der Waals surface area contributed by atoms with Gasteiger partial charge in [0.25, 0.3) is 0 Å². The van der Waals surface area contributed by atoms with Gasteiger partial charge >= 0.3 is 6.18 Å². The Balaban J connectivity index is 3.03. The standard InChI is InChI=1S/C16H23F3O3/c1-10(2)8-21-13-5-12(15(20)16(17,18)19)6-14(7-13)22-9-11(3)4/h5-7,10-11,15,20H,8-9H2,1-4H3. The first-order valence-corrected chi connectivity index (χ1v) is 7.25. The van der Waals surface area contributed by atoms with Crippen molar-refractivity contribution in [1.82, 2.24) is 0 Å². The van der Waals surface area contributed by atoms with Crippen molar-refractivity contribution in [1.29, 1.82) is 0 Å². The second-order valence-corrected chi connectivity index (χ2v) is 6.09. The number of aliphatic hydroxyl groups excluding tert-OH is 1. The second-order valence-electron chi connectivity index (χ2n) is 6.09. The molecular weight excluding hydrogens is 297 g/mol. The van der Waals surface area contributed by atoms with Crippen LogP contribution in [0.2, 0.25) is 0 Å². The molecule has 0 aliphatic heterocycles. The quantitative estimate of drug-likeness (QED) is 0.811. The largest absolute Gasteiger partial charge is 0.493 e. The molecule has 1 rings (SSSR count). The Labute approximate surface area is 129 Å². The molecule has 0 aromatic heterocycles. The molecular formula is C16H23F3O3. The number of halogens is 3. The van der Waals surface area contributed by atoms with E-state index in [2.05, 4.69) is 0 Å². The molecule has 0 fully saturated rings. The maximum Gasteiger partial charge on any atom is 0.418 e. The normalized spacial score (nSPS) is 13.5. The van der Waals surface area contributed by atoms with Crippen LogP contribution in [0, 0.1) is 11.8 Å². The highest BCUT2D eigenvalue weighted by molar-refractivity contribution is 5.40. The Morgan fingerprint density at radius 2 is 1.32 bits per heavy atom. The van der Waals surface area contributed by atoms with E-state index in [1.54, 1.807) is 0 Å². The summed E-state index contributed by atoms with van der Waals surface area (Å²) in [4.78, 5) is 0. The molecule has 126 valence electrons. The Morgan fingerprint density at radius 1 is 0.909 bits per heavy atom. The summed E-state index contributed by atoms with van der Waals surface area (Å²) in [5, 5.41) is 9.42. The van der Waals surface area contributed by atoms with E-state index in [4.69, 9.17) is 9.47 Å². The molecule has 0 amide bonds. The molecule has 1 unspecified atom stereocenters. The van der Waals surface area contributed by atoms with Gasteiger partial charge in [-0.25, -0.2) is 0 Å². The molecule has 0 radical (unpaired) electrons. The lowest BCUT2D eigenvalue weighted by atomic mass is 10.1.